The third-order valence-corrected chi connectivity index (χ3v) is 6.67. The summed E-state index contributed by atoms with van der Waals surface area (Å²) in [6, 6.07) is 15.1. The quantitative estimate of drug-likeness (QED) is 0.564. The Morgan fingerprint density at radius 3 is 2.44 bits per heavy atom. The normalized spacial score (nSPS) is 15.6. The van der Waals surface area contributed by atoms with Crippen LogP contribution in [0.2, 0.25) is 0 Å². The SMILES string of the molecule is CC(C)CC(=O)N1CCCN(C)CCN(C(=O)c2nc3ccccc3n(C)c2=O)Cc2ccccc21. The van der Waals surface area contributed by atoms with E-state index in [1.54, 1.807) is 18.0 Å². The van der Waals surface area contributed by atoms with Gasteiger partial charge >= 0.3 is 0 Å². The Hall–Kier alpha value is -3.52. The van der Waals surface area contributed by atoms with Crippen molar-refractivity contribution >= 4 is 28.5 Å². The van der Waals surface area contributed by atoms with Gasteiger partial charge in [0.25, 0.3) is 11.5 Å². The van der Waals surface area contributed by atoms with Crippen LogP contribution in [0.4, 0.5) is 5.69 Å². The van der Waals surface area contributed by atoms with Crippen molar-refractivity contribution in [1.82, 2.24) is 19.4 Å². The lowest BCUT2D eigenvalue weighted by Gasteiger charge is -2.28. The van der Waals surface area contributed by atoms with Gasteiger partial charge in [0.15, 0.2) is 5.69 Å². The highest BCUT2D eigenvalue weighted by atomic mass is 16.2. The first-order valence-electron chi connectivity index (χ1n) is 12.6. The zero-order valence-electron chi connectivity index (χ0n) is 21.6. The van der Waals surface area contributed by atoms with E-state index in [1.165, 1.54) is 4.57 Å². The Balaban J connectivity index is 1.75. The molecular weight excluding hydrogens is 454 g/mol. The number of anilines is 1. The molecule has 0 fully saturated rings. The first kappa shape index (κ1) is 25.6. The zero-order chi connectivity index (χ0) is 25.8. The highest BCUT2D eigenvalue weighted by Crippen LogP contribution is 2.25. The van der Waals surface area contributed by atoms with Crippen molar-refractivity contribution in [2.24, 2.45) is 13.0 Å². The number of hydrogen-bond donors (Lipinski definition) is 0. The second-order valence-electron chi connectivity index (χ2n) is 9.97. The van der Waals surface area contributed by atoms with Crippen LogP contribution in [0.1, 0.15) is 42.7 Å². The minimum absolute atomic E-state index is 0.0843. The van der Waals surface area contributed by atoms with E-state index in [1.807, 2.05) is 68.3 Å². The fraction of sp³-hybridized carbons (Fsp3) is 0.429. The summed E-state index contributed by atoms with van der Waals surface area (Å²) in [4.78, 5) is 50.3. The Morgan fingerprint density at radius 2 is 1.67 bits per heavy atom. The molecule has 0 N–H and O–H groups in total. The van der Waals surface area contributed by atoms with E-state index in [-0.39, 0.29) is 24.1 Å². The number of amides is 2. The molecule has 0 aliphatic carbocycles. The number of para-hydroxylation sites is 3. The second kappa shape index (κ2) is 11.0. The molecule has 0 saturated carbocycles. The van der Waals surface area contributed by atoms with E-state index in [2.05, 4.69) is 9.88 Å². The number of likely N-dealkylation sites (N-methyl/N-ethyl adjacent to an activating group) is 1. The largest absolute Gasteiger partial charge is 0.331 e. The van der Waals surface area contributed by atoms with Crippen LogP contribution in [0.5, 0.6) is 0 Å². The molecular formula is C28H35N5O3. The monoisotopic (exact) mass is 489 g/mol. The summed E-state index contributed by atoms with van der Waals surface area (Å²) in [5.74, 6) is -0.0649. The van der Waals surface area contributed by atoms with E-state index in [0.717, 1.165) is 24.2 Å². The molecule has 190 valence electrons. The summed E-state index contributed by atoms with van der Waals surface area (Å²) in [6.45, 7) is 6.89. The summed E-state index contributed by atoms with van der Waals surface area (Å²) in [5.41, 5.74) is 2.49. The lowest BCUT2D eigenvalue weighted by Crippen LogP contribution is -2.41. The maximum Gasteiger partial charge on any atom is 0.282 e. The van der Waals surface area contributed by atoms with Gasteiger partial charge in [-0.15, -0.1) is 0 Å². The average Bonchev–Trinajstić information content (AvgIpc) is 2.89. The second-order valence-corrected chi connectivity index (χ2v) is 9.97. The first-order valence-corrected chi connectivity index (χ1v) is 12.6. The fourth-order valence-electron chi connectivity index (χ4n) is 4.67. The maximum atomic E-state index is 13.8. The summed E-state index contributed by atoms with van der Waals surface area (Å²) in [5, 5.41) is 0. The van der Waals surface area contributed by atoms with Crippen molar-refractivity contribution in [3.8, 4) is 0 Å². The van der Waals surface area contributed by atoms with Gasteiger partial charge in [0.05, 0.1) is 11.0 Å². The van der Waals surface area contributed by atoms with Crippen LogP contribution < -0.4 is 10.5 Å². The molecule has 0 unspecified atom stereocenters. The average molecular weight is 490 g/mol. The minimum Gasteiger partial charge on any atom is -0.331 e. The van der Waals surface area contributed by atoms with E-state index >= 15 is 0 Å². The van der Waals surface area contributed by atoms with Gasteiger partial charge in [0, 0.05) is 45.3 Å². The lowest BCUT2D eigenvalue weighted by atomic mass is 10.1. The summed E-state index contributed by atoms with van der Waals surface area (Å²) >= 11 is 0. The molecule has 3 aromatic rings. The topological polar surface area (TPSA) is 78.8 Å². The van der Waals surface area contributed by atoms with Crippen LogP contribution in [0.25, 0.3) is 11.0 Å². The number of carbonyl (C=O) groups excluding carboxylic acids is 2. The van der Waals surface area contributed by atoms with Crippen LogP contribution in [0, 0.1) is 5.92 Å². The molecule has 2 aromatic carbocycles. The molecule has 0 radical (unpaired) electrons. The van der Waals surface area contributed by atoms with Gasteiger partial charge in [-0.25, -0.2) is 4.98 Å². The van der Waals surface area contributed by atoms with Crippen LogP contribution in [-0.4, -0.2) is 64.4 Å². The van der Waals surface area contributed by atoms with Crippen LogP contribution in [0.15, 0.2) is 53.3 Å². The van der Waals surface area contributed by atoms with Gasteiger partial charge < -0.3 is 19.3 Å². The van der Waals surface area contributed by atoms with Gasteiger partial charge in [0.1, 0.15) is 0 Å². The first-order chi connectivity index (χ1) is 17.3. The van der Waals surface area contributed by atoms with E-state index < -0.39 is 11.5 Å². The van der Waals surface area contributed by atoms with Crippen molar-refractivity contribution in [2.45, 2.75) is 33.2 Å². The number of aromatic nitrogens is 2. The predicted octanol–water partition coefficient (Wildman–Crippen LogP) is 3.29. The number of carbonyl (C=O) groups is 2. The lowest BCUT2D eigenvalue weighted by molar-refractivity contribution is -0.119. The molecule has 2 heterocycles. The molecule has 1 aliphatic heterocycles. The van der Waals surface area contributed by atoms with Gasteiger partial charge in [-0.3, -0.25) is 14.4 Å². The predicted molar refractivity (Wildman–Crippen MR) is 142 cm³/mol. The van der Waals surface area contributed by atoms with Crippen molar-refractivity contribution in [2.75, 3.05) is 38.1 Å². The van der Waals surface area contributed by atoms with Gasteiger partial charge in [-0.05, 0) is 49.7 Å². The minimum atomic E-state index is -0.414. The molecule has 1 aliphatic rings. The third kappa shape index (κ3) is 5.49. The Morgan fingerprint density at radius 1 is 0.944 bits per heavy atom. The van der Waals surface area contributed by atoms with Gasteiger partial charge in [-0.1, -0.05) is 44.2 Å². The molecule has 1 aromatic heterocycles. The third-order valence-electron chi connectivity index (χ3n) is 6.67. The Kier molecular flexibility index (Phi) is 7.84. The maximum absolute atomic E-state index is 13.8. The summed E-state index contributed by atoms with van der Waals surface area (Å²) in [7, 11) is 3.68. The smallest absolute Gasteiger partial charge is 0.282 e. The standard InChI is InChI=1S/C28H35N5O3/c1-20(2)18-25(34)33-15-9-14-30(3)16-17-32(19-21-10-5-7-12-23(21)33)28(36)26-27(35)31(4)24-13-8-6-11-22(24)29-26/h5-8,10-13,20H,9,14-19H2,1-4H3. The van der Waals surface area contributed by atoms with Crippen LogP contribution in [0.3, 0.4) is 0 Å². The molecule has 0 saturated heterocycles. The molecule has 4 rings (SSSR count). The van der Waals surface area contributed by atoms with Crippen molar-refractivity contribution in [3.05, 3.63) is 70.1 Å². The van der Waals surface area contributed by atoms with Gasteiger partial charge in [-0.2, -0.15) is 0 Å². The molecule has 2 amide bonds. The number of hydrogen-bond acceptors (Lipinski definition) is 5. The highest BCUT2D eigenvalue weighted by Gasteiger charge is 2.26. The molecule has 8 nitrogen and oxygen atoms in total. The molecule has 0 bridgehead atoms. The van der Waals surface area contributed by atoms with Crippen molar-refractivity contribution < 1.29 is 9.59 Å². The van der Waals surface area contributed by atoms with Crippen LogP contribution >= 0.6 is 0 Å². The van der Waals surface area contributed by atoms with E-state index in [9.17, 15) is 14.4 Å². The summed E-state index contributed by atoms with van der Waals surface area (Å²) < 4.78 is 1.48. The van der Waals surface area contributed by atoms with E-state index in [0.29, 0.717) is 37.1 Å². The van der Waals surface area contributed by atoms with Crippen LogP contribution in [-0.2, 0) is 18.4 Å². The fourth-order valence-corrected chi connectivity index (χ4v) is 4.67. The zero-order valence-corrected chi connectivity index (χ0v) is 21.6. The number of fused-ring (bicyclic) bond motifs is 2. The number of rotatable bonds is 3. The van der Waals surface area contributed by atoms with Crippen molar-refractivity contribution in [1.29, 1.82) is 0 Å². The van der Waals surface area contributed by atoms with Gasteiger partial charge in [0.2, 0.25) is 5.91 Å². The number of aryl methyl sites for hydroxylation is 1. The number of benzene rings is 2. The number of nitrogens with zero attached hydrogens (tertiary/aromatic N) is 5. The highest BCUT2D eigenvalue weighted by molar-refractivity contribution is 5.95. The summed E-state index contributed by atoms with van der Waals surface area (Å²) in [6.07, 6.45) is 1.29. The Bertz CT molecular complexity index is 1320. The molecule has 8 heteroatoms. The van der Waals surface area contributed by atoms with E-state index in [4.69, 9.17) is 0 Å². The van der Waals surface area contributed by atoms with Crippen molar-refractivity contribution in [3.63, 3.8) is 0 Å². The molecule has 36 heavy (non-hydrogen) atoms. The Labute approximate surface area is 212 Å². The molecule has 0 spiro atoms. The molecule has 0 atom stereocenters.